The summed E-state index contributed by atoms with van der Waals surface area (Å²) in [5.74, 6) is 0.618. The second-order valence-corrected chi connectivity index (χ2v) is 7.10. The molecular weight excluding hydrogens is 302 g/mol. The van der Waals surface area contributed by atoms with Crippen molar-refractivity contribution in [3.8, 4) is 0 Å². The third kappa shape index (κ3) is 5.44. The molecule has 0 bridgehead atoms. The molecule has 22 heavy (non-hydrogen) atoms. The van der Waals surface area contributed by atoms with E-state index in [-0.39, 0.29) is 6.09 Å². The van der Waals surface area contributed by atoms with Crippen molar-refractivity contribution in [1.82, 2.24) is 14.9 Å². The maximum absolute atomic E-state index is 12.0. The van der Waals surface area contributed by atoms with E-state index in [9.17, 15) is 4.79 Å². The van der Waals surface area contributed by atoms with Crippen LogP contribution in [-0.4, -0.2) is 39.7 Å². The summed E-state index contributed by atoms with van der Waals surface area (Å²) in [4.78, 5) is 21.9. The third-order valence-electron chi connectivity index (χ3n) is 3.76. The molecule has 1 aliphatic heterocycles. The van der Waals surface area contributed by atoms with E-state index in [1.54, 1.807) is 6.20 Å². The molecule has 5 nitrogen and oxygen atoms in total. The topological polar surface area (TPSA) is 55.3 Å². The summed E-state index contributed by atoms with van der Waals surface area (Å²) >= 11 is 5.79. The second-order valence-electron chi connectivity index (χ2n) is 6.77. The number of halogens is 1. The molecule has 1 fully saturated rings. The lowest BCUT2D eigenvalue weighted by molar-refractivity contribution is 0.0181. The normalized spacial score (nSPS) is 16.6. The summed E-state index contributed by atoms with van der Waals surface area (Å²) in [6.45, 7) is 7.22. The van der Waals surface area contributed by atoms with Gasteiger partial charge in [0.15, 0.2) is 0 Å². The fourth-order valence-corrected chi connectivity index (χ4v) is 2.76. The van der Waals surface area contributed by atoms with Gasteiger partial charge < -0.3 is 9.64 Å². The summed E-state index contributed by atoms with van der Waals surface area (Å²) in [5.41, 5.74) is 0.551. The standard InChI is InChI=1S/C16H24ClN3O2/c1-16(2,3)22-15(21)20-10-7-12(8-11-20)4-5-13-6-9-18-14(17)19-13/h6,9,12H,4-5,7-8,10-11H2,1-3H3. The average Bonchev–Trinajstić information content (AvgIpc) is 2.44. The Hall–Kier alpha value is -1.36. The van der Waals surface area contributed by atoms with Crippen LogP contribution in [0.25, 0.3) is 0 Å². The van der Waals surface area contributed by atoms with Crippen LogP contribution in [0.1, 0.15) is 45.7 Å². The van der Waals surface area contributed by atoms with Crippen LogP contribution in [0, 0.1) is 5.92 Å². The molecule has 0 spiro atoms. The number of carbonyl (C=O) groups is 1. The molecule has 0 aromatic carbocycles. The Morgan fingerprint density at radius 2 is 2.09 bits per heavy atom. The molecule has 0 radical (unpaired) electrons. The molecule has 6 heteroatoms. The number of hydrogen-bond donors (Lipinski definition) is 0. The minimum Gasteiger partial charge on any atom is -0.444 e. The van der Waals surface area contributed by atoms with E-state index >= 15 is 0 Å². The van der Waals surface area contributed by atoms with Gasteiger partial charge in [-0.1, -0.05) is 0 Å². The lowest BCUT2D eigenvalue weighted by Gasteiger charge is -2.33. The van der Waals surface area contributed by atoms with Gasteiger partial charge >= 0.3 is 6.09 Å². The van der Waals surface area contributed by atoms with Gasteiger partial charge in [-0.25, -0.2) is 14.8 Å². The smallest absolute Gasteiger partial charge is 0.410 e. The zero-order valence-corrected chi connectivity index (χ0v) is 14.3. The van der Waals surface area contributed by atoms with E-state index in [2.05, 4.69) is 9.97 Å². The van der Waals surface area contributed by atoms with Gasteiger partial charge in [0.1, 0.15) is 5.60 Å². The number of piperidine rings is 1. The largest absolute Gasteiger partial charge is 0.444 e. The fraction of sp³-hybridized carbons (Fsp3) is 0.688. The van der Waals surface area contributed by atoms with Gasteiger partial charge in [0, 0.05) is 25.0 Å². The van der Waals surface area contributed by atoms with Crippen LogP contribution in [0.15, 0.2) is 12.3 Å². The van der Waals surface area contributed by atoms with Crippen LogP contribution in [-0.2, 0) is 11.2 Å². The molecule has 0 saturated carbocycles. The first-order valence-corrected chi connectivity index (χ1v) is 8.16. The lowest BCUT2D eigenvalue weighted by atomic mass is 9.92. The number of hydrogen-bond acceptors (Lipinski definition) is 4. The van der Waals surface area contributed by atoms with E-state index in [1.807, 2.05) is 31.7 Å². The van der Waals surface area contributed by atoms with Crippen molar-refractivity contribution in [2.24, 2.45) is 5.92 Å². The highest BCUT2D eigenvalue weighted by Gasteiger charge is 2.26. The Balaban J connectivity index is 1.74. The van der Waals surface area contributed by atoms with E-state index in [1.165, 1.54) is 0 Å². The Morgan fingerprint density at radius 1 is 1.41 bits per heavy atom. The second kappa shape index (κ2) is 7.27. The zero-order chi connectivity index (χ0) is 16.2. The highest BCUT2D eigenvalue weighted by atomic mass is 35.5. The van der Waals surface area contributed by atoms with Crippen molar-refractivity contribution in [3.63, 3.8) is 0 Å². The SMILES string of the molecule is CC(C)(C)OC(=O)N1CCC(CCc2ccnc(Cl)n2)CC1. The maximum atomic E-state index is 12.0. The van der Waals surface area contributed by atoms with Crippen molar-refractivity contribution in [1.29, 1.82) is 0 Å². The molecule has 1 aromatic heterocycles. The van der Waals surface area contributed by atoms with Gasteiger partial charge in [0.05, 0.1) is 0 Å². The number of rotatable bonds is 3. The predicted molar refractivity (Wildman–Crippen MR) is 85.9 cm³/mol. The quantitative estimate of drug-likeness (QED) is 0.795. The highest BCUT2D eigenvalue weighted by molar-refractivity contribution is 6.28. The molecular formula is C16H24ClN3O2. The zero-order valence-electron chi connectivity index (χ0n) is 13.5. The number of nitrogens with zero attached hydrogens (tertiary/aromatic N) is 3. The van der Waals surface area contributed by atoms with Crippen LogP contribution in [0.4, 0.5) is 4.79 Å². The van der Waals surface area contributed by atoms with Crippen molar-refractivity contribution >= 4 is 17.7 Å². The van der Waals surface area contributed by atoms with Crippen molar-refractivity contribution < 1.29 is 9.53 Å². The van der Waals surface area contributed by atoms with Crippen molar-refractivity contribution in [3.05, 3.63) is 23.2 Å². The van der Waals surface area contributed by atoms with Crippen LogP contribution < -0.4 is 0 Å². The molecule has 1 amide bonds. The van der Waals surface area contributed by atoms with Crippen molar-refractivity contribution in [2.45, 2.75) is 52.1 Å². The summed E-state index contributed by atoms with van der Waals surface area (Å²) in [6.07, 6.45) is 5.48. The van der Waals surface area contributed by atoms with Gasteiger partial charge in [-0.3, -0.25) is 0 Å². The summed E-state index contributed by atoms with van der Waals surface area (Å²) in [6, 6.07) is 1.90. The van der Waals surface area contributed by atoms with Gasteiger partial charge in [0.25, 0.3) is 0 Å². The predicted octanol–water partition coefficient (Wildman–Crippen LogP) is 3.71. The van der Waals surface area contributed by atoms with Crippen LogP contribution in [0.3, 0.4) is 0 Å². The fourth-order valence-electron chi connectivity index (χ4n) is 2.59. The summed E-state index contributed by atoms with van der Waals surface area (Å²) in [7, 11) is 0. The first-order valence-electron chi connectivity index (χ1n) is 7.79. The molecule has 0 aliphatic carbocycles. The first-order chi connectivity index (χ1) is 10.3. The van der Waals surface area contributed by atoms with E-state index in [4.69, 9.17) is 16.3 Å². The summed E-state index contributed by atoms with van der Waals surface area (Å²) < 4.78 is 5.41. The van der Waals surface area contributed by atoms with Gasteiger partial charge in [-0.15, -0.1) is 0 Å². The molecule has 2 heterocycles. The minimum atomic E-state index is -0.430. The number of aryl methyl sites for hydroxylation is 1. The molecule has 0 N–H and O–H groups in total. The number of carbonyl (C=O) groups excluding carboxylic acids is 1. The van der Waals surface area contributed by atoms with Crippen LogP contribution in [0.5, 0.6) is 0 Å². The Kier molecular flexibility index (Phi) is 5.62. The molecule has 1 aliphatic rings. The molecule has 0 unspecified atom stereocenters. The molecule has 0 atom stereocenters. The van der Waals surface area contributed by atoms with E-state index < -0.39 is 5.60 Å². The van der Waals surface area contributed by atoms with E-state index in [0.29, 0.717) is 11.2 Å². The van der Waals surface area contributed by atoms with Crippen LogP contribution in [0.2, 0.25) is 5.28 Å². The first kappa shape index (κ1) is 17.0. The lowest BCUT2D eigenvalue weighted by Crippen LogP contribution is -2.41. The molecule has 122 valence electrons. The number of aromatic nitrogens is 2. The summed E-state index contributed by atoms with van der Waals surface area (Å²) in [5, 5.41) is 0.303. The van der Waals surface area contributed by atoms with Crippen LogP contribution >= 0.6 is 11.6 Å². The Morgan fingerprint density at radius 3 is 2.68 bits per heavy atom. The van der Waals surface area contributed by atoms with Gasteiger partial charge in [0.2, 0.25) is 5.28 Å². The van der Waals surface area contributed by atoms with Crippen molar-refractivity contribution in [2.75, 3.05) is 13.1 Å². The van der Waals surface area contributed by atoms with Gasteiger partial charge in [-0.05, 0) is 70.0 Å². The van der Waals surface area contributed by atoms with Gasteiger partial charge in [-0.2, -0.15) is 0 Å². The molecule has 1 aromatic rings. The Labute approximate surface area is 137 Å². The number of ether oxygens (including phenoxy) is 1. The molecule has 2 rings (SSSR count). The monoisotopic (exact) mass is 325 g/mol. The maximum Gasteiger partial charge on any atom is 0.410 e. The number of amides is 1. The molecule has 1 saturated heterocycles. The number of likely N-dealkylation sites (tertiary alicyclic amines) is 1. The third-order valence-corrected chi connectivity index (χ3v) is 3.94. The van der Waals surface area contributed by atoms with E-state index in [0.717, 1.165) is 44.5 Å². The Bertz CT molecular complexity index is 508. The highest BCUT2D eigenvalue weighted by Crippen LogP contribution is 2.23. The minimum absolute atomic E-state index is 0.200. The average molecular weight is 326 g/mol.